The molecule has 2 aromatic rings. The molecule has 12 heteroatoms. The Morgan fingerprint density at radius 3 is 2.40 bits per heavy atom. The Morgan fingerprint density at radius 2 is 1.69 bits per heavy atom. The zero-order chi connectivity index (χ0) is 25.5. The molecule has 2 amide bonds. The number of anilines is 1. The number of nitrogens with one attached hydrogen (secondary N) is 1. The largest absolute Gasteiger partial charge is 0.419 e. The molecule has 1 aliphatic carbocycles. The number of fused-ring (bicyclic) bond motifs is 1. The number of imide groups is 1. The van der Waals surface area contributed by atoms with E-state index in [-0.39, 0.29) is 33.6 Å². The molecule has 1 heterocycles. The maximum Gasteiger partial charge on any atom is 0.419 e. The van der Waals surface area contributed by atoms with Gasteiger partial charge in [-0.05, 0) is 49.2 Å². The van der Waals surface area contributed by atoms with Crippen molar-refractivity contribution in [1.82, 2.24) is 4.90 Å². The van der Waals surface area contributed by atoms with Gasteiger partial charge in [-0.25, -0.2) is 17.7 Å². The van der Waals surface area contributed by atoms with Gasteiger partial charge in [0.05, 0.1) is 32.3 Å². The molecule has 35 heavy (non-hydrogen) atoms. The van der Waals surface area contributed by atoms with Crippen LogP contribution in [0.15, 0.2) is 71.3 Å². The van der Waals surface area contributed by atoms with E-state index in [4.69, 9.17) is 11.6 Å². The number of benzene rings is 2. The number of hydrogen-bond donors (Lipinski definition) is 1. The van der Waals surface area contributed by atoms with Crippen LogP contribution in [0.1, 0.15) is 39.1 Å². The fourth-order valence-electron chi connectivity index (χ4n) is 3.63. The maximum atomic E-state index is 13.6. The summed E-state index contributed by atoms with van der Waals surface area (Å²) in [6, 6.07) is 3.48. The van der Waals surface area contributed by atoms with Crippen molar-refractivity contribution in [2.45, 2.75) is 23.9 Å². The third kappa shape index (κ3) is 4.61. The fourth-order valence-corrected chi connectivity index (χ4v) is 4.96. The summed E-state index contributed by atoms with van der Waals surface area (Å²) >= 11 is 6.15. The molecule has 0 radical (unpaired) electrons. The Labute approximate surface area is 202 Å². The molecule has 6 nitrogen and oxygen atoms in total. The molecule has 0 fully saturated rings. The van der Waals surface area contributed by atoms with Gasteiger partial charge in [0.15, 0.2) is 0 Å². The normalized spacial score (nSPS) is 17.1. The second-order valence-corrected chi connectivity index (χ2v) is 9.62. The standard InChI is InChI=1S/C23H15ClF4N2O4S/c24-16-9-11-18(29-35(33,34)14-8-10-17(25)15(12-14)23(26,27)28)20-19(16)21(31)30(22(20)32)13-6-4-2-1-3-5-7-13/h1-2,4,6-12,29H,3,5H2/b2-1+,6-4?,13-7?. The van der Waals surface area contributed by atoms with Gasteiger partial charge in [0.1, 0.15) is 5.82 Å². The van der Waals surface area contributed by atoms with E-state index in [9.17, 15) is 35.6 Å². The summed E-state index contributed by atoms with van der Waals surface area (Å²) in [6.07, 6.45) is 4.54. The summed E-state index contributed by atoms with van der Waals surface area (Å²) in [5.74, 6) is -3.28. The lowest BCUT2D eigenvalue weighted by Gasteiger charge is -2.16. The van der Waals surface area contributed by atoms with Gasteiger partial charge in [-0.3, -0.25) is 14.3 Å². The topological polar surface area (TPSA) is 83.5 Å². The first-order chi connectivity index (χ1) is 16.4. The Morgan fingerprint density at radius 1 is 0.971 bits per heavy atom. The van der Waals surface area contributed by atoms with Crippen molar-refractivity contribution in [3.05, 3.63) is 93.9 Å². The van der Waals surface area contributed by atoms with Crippen molar-refractivity contribution >= 4 is 39.1 Å². The molecule has 0 unspecified atom stereocenters. The summed E-state index contributed by atoms with van der Waals surface area (Å²) in [5.41, 5.74) is -2.47. The van der Waals surface area contributed by atoms with E-state index in [1.54, 1.807) is 18.2 Å². The van der Waals surface area contributed by atoms with Gasteiger partial charge in [-0.15, -0.1) is 0 Å². The Bertz CT molecular complexity index is 1450. The van der Waals surface area contributed by atoms with E-state index in [1.807, 2.05) is 10.8 Å². The number of nitrogens with zero attached hydrogens (tertiary/aromatic N) is 1. The van der Waals surface area contributed by atoms with Gasteiger partial charge < -0.3 is 0 Å². The smallest absolute Gasteiger partial charge is 0.279 e. The number of carbonyl (C=O) groups excluding carboxylic acids is 2. The first kappa shape index (κ1) is 24.7. The monoisotopic (exact) mass is 526 g/mol. The van der Waals surface area contributed by atoms with Gasteiger partial charge in [0.25, 0.3) is 21.8 Å². The molecule has 0 bridgehead atoms. The van der Waals surface area contributed by atoms with Crippen molar-refractivity contribution < 1.29 is 35.6 Å². The number of sulfonamides is 1. The number of amides is 2. The van der Waals surface area contributed by atoms with Crippen LogP contribution in [0.25, 0.3) is 0 Å². The highest BCUT2D eigenvalue weighted by molar-refractivity contribution is 7.92. The molecule has 0 aromatic heterocycles. The van der Waals surface area contributed by atoms with Crippen molar-refractivity contribution in [3.8, 4) is 0 Å². The fraction of sp³-hybridized carbons (Fsp3) is 0.130. The van der Waals surface area contributed by atoms with Crippen LogP contribution >= 0.6 is 11.6 Å². The molecule has 0 atom stereocenters. The lowest BCUT2D eigenvalue weighted by Crippen LogP contribution is -2.28. The van der Waals surface area contributed by atoms with Crippen LogP contribution in [-0.2, 0) is 16.2 Å². The van der Waals surface area contributed by atoms with Crippen LogP contribution < -0.4 is 4.72 Å². The predicted molar refractivity (Wildman–Crippen MR) is 120 cm³/mol. The molecule has 2 aliphatic rings. The maximum absolute atomic E-state index is 13.6. The molecular weight excluding hydrogens is 512 g/mol. The Kier molecular flexibility index (Phi) is 6.32. The summed E-state index contributed by atoms with van der Waals surface area (Å²) in [6.45, 7) is 0. The molecule has 2 aromatic carbocycles. The van der Waals surface area contributed by atoms with Crippen LogP contribution in [0.4, 0.5) is 23.2 Å². The summed E-state index contributed by atoms with van der Waals surface area (Å²) in [5, 5.41) is -0.111. The average Bonchev–Trinajstić information content (AvgIpc) is 3.01. The number of halogens is 5. The second kappa shape index (κ2) is 8.97. The third-order valence-corrected chi connectivity index (χ3v) is 6.92. The molecule has 182 valence electrons. The van der Waals surface area contributed by atoms with Crippen LogP contribution in [0.5, 0.6) is 0 Å². The first-order valence-corrected chi connectivity index (χ1v) is 11.9. The van der Waals surface area contributed by atoms with Crippen molar-refractivity contribution in [2.75, 3.05) is 4.72 Å². The van der Waals surface area contributed by atoms with E-state index < -0.39 is 44.3 Å². The number of rotatable bonds is 4. The van der Waals surface area contributed by atoms with Crippen molar-refractivity contribution in [1.29, 1.82) is 0 Å². The van der Waals surface area contributed by atoms with Crippen LogP contribution in [0, 0.1) is 5.82 Å². The second-order valence-electron chi connectivity index (χ2n) is 7.53. The van der Waals surface area contributed by atoms with Gasteiger partial charge in [-0.2, -0.15) is 13.2 Å². The summed E-state index contributed by atoms with van der Waals surface area (Å²) < 4.78 is 80.6. The minimum atomic E-state index is -5.13. The zero-order valence-corrected chi connectivity index (χ0v) is 19.1. The highest BCUT2D eigenvalue weighted by Crippen LogP contribution is 2.38. The highest BCUT2D eigenvalue weighted by atomic mass is 35.5. The van der Waals surface area contributed by atoms with Gasteiger partial charge in [0.2, 0.25) is 0 Å². The molecule has 0 spiro atoms. The van der Waals surface area contributed by atoms with E-state index in [1.165, 1.54) is 12.1 Å². The molecule has 1 N–H and O–H groups in total. The number of carbonyl (C=O) groups is 2. The lowest BCUT2D eigenvalue weighted by molar-refractivity contribution is -0.140. The van der Waals surface area contributed by atoms with Gasteiger partial charge in [-0.1, -0.05) is 35.9 Å². The van der Waals surface area contributed by atoms with E-state index in [0.717, 1.165) is 11.0 Å². The van der Waals surface area contributed by atoms with Crippen molar-refractivity contribution in [3.63, 3.8) is 0 Å². The SMILES string of the molecule is O=C1c2c(Cl)ccc(NS(=O)(=O)c3ccc(F)c(C(F)(F)F)c3)c2C(=O)N1C1=CCC/C=C/C=C1. The molecule has 0 saturated carbocycles. The van der Waals surface area contributed by atoms with E-state index in [0.29, 0.717) is 25.0 Å². The minimum absolute atomic E-state index is 0.111. The third-order valence-electron chi connectivity index (χ3n) is 5.25. The van der Waals surface area contributed by atoms with Gasteiger partial charge >= 0.3 is 6.18 Å². The molecule has 1 aliphatic heterocycles. The first-order valence-electron chi connectivity index (χ1n) is 10.1. The average molecular weight is 527 g/mol. The number of alkyl halides is 3. The minimum Gasteiger partial charge on any atom is -0.279 e. The Hall–Kier alpha value is -3.44. The lowest BCUT2D eigenvalue weighted by atomic mass is 10.1. The van der Waals surface area contributed by atoms with E-state index >= 15 is 0 Å². The highest BCUT2D eigenvalue weighted by Gasteiger charge is 2.42. The van der Waals surface area contributed by atoms with Crippen LogP contribution in [-0.4, -0.2) is 25.1 Å². The predicted octanol–water partition coefficient (Wildman–Crippen LogP) is 5.68. The number of allylic oxidation sites excluding steroid dienone is 5. The summed E-state index contributed by atoms with van der Waals surface area (Å²) in [7, 11) is -4.72. The van der Waals surface area contributed by atoms with Crippen molar-refractivity contribution in [2.24, 2.45) is 0 Å². The van der Waals surface area contributed by atoms with Crippen LogP contribution in [0.3, 0.4) is 0 Å². The zero-order valence-electron chi connectivity index (χ0n) is 17.6. The van der Waals surface area contributed by atoms with E-state index in [2.05, 4.69) is 0 Å². The molecule has 4 rings (SSSR count). The number of hydrogen-bond acceptors (Lipinski definition) is 4. The van der Waals surface area contributed by atoms with Crippen LogP contribution in [0.2, 0.25) is 5.02 Å². The summed E-state index contributed by atoms with van der Waals surface area (Å²) in [4.78, 5) is 26.3. The Balaban J connectivity index is 1.76. The quantitative estimate of drug-likeness (QED) is 0.410. The van der Waals surface area contributed by atoms with Gasteiger partial charge in [0, 0.05) is 5.70 Å². The molecular formula is C23H15ClF4N2O4S. The molecule has 0 saturated heterocycles.